The number of carboxylic acid groups (broad SMARTS) is 1. The first kappa shape index (κ1) is 17.0. The van der Waals surface area contributed by atoms with Gasteiger partial charge in [0, 0.05) is 12.5 Å². The van der Waals surface area contributed by atoms with E-state index in [0.717, 1.165) is 19.3 Å². The summed E-state index contributed by atoms with van der Waals surface area (Å²) in [6, 6.07) is 0.0770. The van der Waals surface area contributed by atoms with E-state index in [0.29, 0.717) is 19.3 Å². The lowest BCUT2D eigenvalue weighted by molar-refractivity contribution is -0.141. The van der Waals surface area contributed by atoms with Crippen LogP contribution in [0.4, 0.5) is 0 Å². The fourth-order valence-corrected chi connectivity index (χ4v) is 2.88. The predicted molar refractivity (Wildman–Crippen MR) is 79.5 cm³/mol. The van der Waals surface area contributed by atoms with E-state index in [1.54, 1.807) is 0 Å². The normalized spacial score (nSPS) is 21.9. The number of carbonyl (C=O) groups is 2. The average molecular weight is 283 g/mol. The lowest BCUT2D eigenvalue weighted by atomic mass is 10.1. The van der Waals surface area contributed by atoms with E-state index in [2.05, 4.69) is 12.2 Å². The summed E-state index contributed by atoms with van der Waals surface area (Å²) >= 11 is 0. The molecule has 0 aromatic heterocycles. The van der Waals surface area contributed by atoms with Gasteiger partial charge < -0.3 is 10.4 Å². The number of rotatable bonds is 10. The molecule has 1 rings (SSSR count). The van der Waals surface area contributed by atoms with E-state index >= 15 is 0 Å². The lowest BCUT2D eigenvalue weighted by Gasteiger charge is -2.12. The quantitative estimate of drug-likeness (QED) is 0.603. The van der Waals surface area contributed by atoms with E-state index in [1.807, 2.05) is 0 Å². The molecule has 1 saturated carbocycles. The molecule has 1 amide bonds. The van der Waals surface area contributed by atoms with E-state index in [9.17, 15) is 9.59 Å². The number of hydrogen-bond donors (Lipinski definition) is 2. The van der Waals surface area contributed by atoms with Crippen molar-refractivity contribution in [1.29, 1.82) is 0 Å². The maximum atomic E-state index is 11.8. The first-order valence-electron chi connectivity index (χ1n) is 8.15. The smallest absolute Gasteiger partial charge is 0.306 e. The average Bonchev–Trinajstić information content (AvgIpc) is 2.86. The van der Waals surface area contributed by atoms with E-state index in [-0.39, 0.29) is 17.9 Å². The molecule has 116 valence electrons. The van der Waals surface area contributed by atoms with Gasteiger partial charge in [0.05, 0.1) is 5.92 Å². The van der Waals surface area contributed by atoms with Crippen LogP contribution in [0.2, 0.25) is 0 Å². The van der Waals surface area contributed by atoms with Crippen molar-refractivity contribution in [3.8, 4) is 0 Å². The third-order valence-corrected chi connectivity index (χ3v) is 4.15. The molecule has 4 heteroatoms. The van der Waals surface area contributed by atoms with Crippen molar-refractivity contribution in [3.63, 3.8) is 0 Å². The third-order valence-electron chi connectivity index (χ3n) is 4.15. The first-order valence-corrected chi connectivity index (χ1v) is 8.15. The van der Waals surface area contributed by atoms with E-state index in [1.165, 1.54) is 32.1 Å². The zero-order valence-electron chi connectivity index (χ0n) is 12.7. The molecule has 2 N–H and O–H groups in total. The monoisotopic (exact) mass is 283 g/mol. The summed E-state index contributed by atoms with van der Waals surface area (Å²) in [4.78, 5) is 22.6. The topological polar surface area (TPSA) is 66.4 Å². The summed E-state index contributed by atoms with van der Waals surface area (Å²) in [5.74, 6) is -0.901. The van der Waals surface area contributed by atoms with Crippen LogP contribution in [-0.4, -0.2) is 23.0 Å². The summed E-state index contributed by atoms with van der Waals surface area (Å²) in [7, 11) is 0. The maximum absolute atomic E-state index is 11.8. The summed E-state index contributed by atoms with van der Waals surface area (Å²) in [5, 5.41) is 11.9. The Kier molecular flexibility index (Phi) is 8.31. The summed E-state index contributed by atoms with van der Waals surface area (Å²) in [5.41, 5.74) is 0. The standard InChI is InChI=1S/C16H29NO3/c1-2-3-4-5-6-7-8-9-15(18)17-14-11-10-13(12-14)16(19)20/h13-14H,2-12H2,1H3,(H,17,18)(H,19,20)/t13-,14+/m1/s1. The number of nitrogens with one attached hydrogen (secondary N) is 1. The van der Waals surface area contributed by atoms with Gasteiger partial charge in [0.25, 0.3) is 0 Å². The van der Waals surface area contributed by atoms with Crippen molar-refractivity contribution >= 4 is 11.9 Å². The van der Waals surface area contributed by atoms with Gasteiger partial charge in [0.1, 0.15) is 0 Å². The third kappa shape index (κ3) is 6.92. The predicted octanol–water partition coefficient (Wildman–Crippen LogP) is 3.50. The Balaban J connectivity index is 2.00. The van der Waals surface area contributed by atoms with Crippen molar-refractivity contribution in [2.75, 3.05) is 0 Å². The Labute approximate surface area is 122 Å². The summed E-state index contributed by atoms with van der Waals surface area (Å²) in [6.07, 6.45) is 11.1. The second-order valence-electron chi connectivity index (χ2n) is 5.98. The Morgan fingerprint density at radius 1 is 1.05 bits per heavy atom. The van der Waals surface area contributed by atoms with Crippen LogP contribution in [0.5, 0.6) is 0 Å². The molecule has 0 aromatic rings. The SMILES string of the molecule is CCCCCCCCCC(=O)N[C@H]1CC[C@@H](C(=O)O)C1. The number of aliphatic carboxylic acids is 1. The minimum absolute atomic E-state index is 0.0770. The molecule has 2 atom stereocenters. The maximum Gasteiger partial charge on any atom is 0.306 e. The molecule has 1 aliphatic carbocycles. The fraction of sp³-hybridized carbons (Fsp3) is 0.875. The van der Waals surface area contributed by atoms with Crippen LogP contribution >= 0.6 is 0 Å². The highest BCUT2D eigenvalue weighted by molar-refractivity contribution is 5.76. The van der Waals surface area contributed by atoms with Gasteiger partial charge in [0.15, 0.2) is 0 Å². The molecule has 0 radical (unpaired) electrons. The molecule has 20 heavy (non-hydrogen) atoms. The number of hydrogen-bond acceptors (Lipinski definition) is 2. The van der Waals surface area contributed by atoms with Crippen LogP contribution in [0.25, 0.3) is 0 Å². The molecule has 0 aliphatic heterocycles. The molecular weight excluding hydrogens is 254 g/mol. The largest absolute Gasteiger partial charge is 0.481 e. The Morgan fingerprint density at radius 3 is 2.30 bits per heavy atom. The molecule has 1 aliphatic rings. The van der Waals surface area contributed by atoms with Gasteiger partial charge in [-0.1, -0.05) is 45.4 Å². The Morgan fingerprint density at radius 2 is 1.70 bits per heavy atom. The lowest BCUT2D eigenvalue weighted by Crippen LogP contribution is -2.33. The highest BCUT2D eigenvalue weighted by atomic mass is 16.4. The van der Waals surface area contributed by atoms with Gasteiger partial charge in [-0.15, -0.1) is 0 Å². The van der Waals surface area contributed by atoms with Gasteiger partial charge in [-0.2, -0.15) is 0 Å². The molecule has 0 bridgehead atoms. The van der Waals surface area contributed by atoms with E-state index < -0.39 is 5.97 Å². The van der Waals surface area contributed by atoms with Crippen LogP contribution < -0.4 is 5.32 Å². The summed E-state index contributed by atoms with van der Waals surface area (Å²) in [6.45, 7) is 2.21. The minimum Gasteiger partial charge on any atom is -0.481 e. The van der Waals surface area contributed by atoms with Gasteiger partial charge in [0.2, 0.25) is 5.91 Å². The highest BCUT2D eigenvalue weighted by Gasteiger charge is 2.30. The fourth-order valence-electron chi connectivity index (χ4n) is 2.88. The van der Waals surface area contributed by atoms with Gasteiger partial charge in [-0.25, -0.2) is 0 Å². The van der Waals surface area contributed by atoms with Crippen LogP contribution in [0, 0.1) is 5.92 Å². The van der Waals surface area contributed by atoms with Crippen LogP contribution in [0.3, 0.4) is 0 Å². The number of carboxylic acids is 1. The van der Waals surface area contributed by atoms with Crippen LogP contribution in [-0.2, 0) is 9.59 Å². The van der Waals surface area contributed by atoms with Crippen molar-refractivity contribution in [3.05, 3.63) is 0 Å². The number of carbonyl (C=O) groups excluding carboxylic acids is 1. The molecule has 0 unspecified atom stereocenters. The van der Waals surface area contributed by atoms with Crippen molar-refractivity contribution in [1.82, 2.24) is 5.32 Å². The Hall–Kier alpha value is -1.06. The number of amides is 1. The van der Waals surface area contributed by atoms with Gasteiger partial charge >= 0.3 is 5.97 Å². The minimum atomic E-state index is -0.728. The first-order chi connectivity index (χ1) is 9.63. The second-order valence-corrected chi connectivity index (χ2v) is 5.98. The number of unbranched alkanes of at least 4 members (excludes halogenated alkanes) is 6. The molecule has 0 heterocycles. The van der Waals surface area contributed by atoms with Crippen molar-refractivity contribution in [2.24, 2.45) is 5.92 Å². The molecule has 0 aromatic carbocycles. The second kappa shape index (κ2) is 9.78. The van der Waals surface area contributed by atoms with Crippen molar-refractivity contribution in [2.45, 2.75) is 83.6 Å². The van der Waals surface area contributed by atoms with Gasteiger partial charge in [-0.3, -0.25) is 9.59 Å². The zero-order chi connectivity index (χ0) is 14.8. The van der Waals surface area contributed by atoms with Crippen LogP contribution in [0.1, 0.15) is 77.6 Å². The highest BCUT2D eigenvalue weighted by Crippen LogP contribution is 2.25. The van der Waals surface area contributed by atoms with Crippen LogP contribution in [0.15, 0.2) is 0 Å². The molecular formula is C16H29NO3. The zero-order valence-corrected chi connectivity index (χ0v) is 12.7. The molecule has 0 saturated heterocycles. The van der Waals surface area contributed by atoms with Crippen molar-refractivity contribution < 1.29 is 14.7 Å². The molecule has 1 fully saturated rings. The summed E-state index contributed by atoms with van der Waals surface area (Å²) < 4.78 is 0. The Bertz CT molecular complexity index is 304. The van der Waals surface area contributed by atoms with Gasteiger partial charge in [-0.05, 0) is 25.7 Å². The molecule has 0 spiro atoms. The molecule has 4 nitrogen and oxygen atoms in total. The van der Waals surface area contributed by atoms with E-state index in [4.69, 9.17) is 5.11 Å².